The normalized spacial score (nSPS) is 17.8. The zero-order valence-electron chi connectivity index (χ0n) is 67.4. The van der Waals surface area contributed by atoms with E-state index in [1.54, 1.807) is 12.4 Å². The summed E-state index contributed by atoms with van der Waals surface area (Å²) < 4.78 is 17.6. The van der Waals surface area contributed by atoms with Gasteiger partial charge in [0, 0.05) is 82.5 Å². The summed E-state index contributed by atoms with van der Waals surface area (Å²) in [6.07, 6.45) is 70.7. The van der Waals surface area contributed by atoms with Gasteiger partial charge in [0.2, 0.25) is 0 Å². The average molecular weight is 1430 g/mol. The first-order valence-electron chi connectivity index (χ1n) is 43.8. The van der Waals surface area contributed by atoms with E-state index in [4.69, 9.17) is 29.2 Å². The third-order valence-electron chi connectivity index (χ3n) is 23.0. The van der Waals surface area contributed by atoms with Gasteiger partial charge in [0.05, 0.1) is 19.8 Å². The summed E-state index contributed by atoms with van der Waals surface area (Å²) in [4.78, 5) is 18.4. The number of nitrogens with zero attached hydrogens (tertiary/aromatic N) is 4. The Morgan fingerprint density at radius 3 is 0.733 bits per heavy atom. The van der Waals surface area contributed by atoms with E-state index in [0.29, 0.717) is 17.8 Å². The molecular weight excluding hydrogens is 1280 g/mol. The molecule has 0 N–H and O–H groups in total. The molecule has 105 heavy (non-hydrogen) atoms. The summed E-state index contributed by atoms with van der Waals surface area (Å²) in [6.45, 7) is 16.0. The smallest absolute Gasteiger partial charge is 0.119 e. The van der Waals surface area contributed by atoms with Crippen LogP contribution in [0, 0.1) is 17.8 Å². The van der Waals surface area contributed by atoms with Crippen LogP contribution in [0.5, 0.6) is 17.2 Å². The minimum Gasteiger partial charge on any atom is -0.494 e. The number of unbranched alkanes of at least 4 members (excludes halogenated alkanes) is 24. The highest BCUT2D eigenvalue weighted by Gasteiger charge is 2.26. The van der Waals surface area contributed by atoms with Gasteiger partial charge in [0.1, 0.15) is 17.2 Å². The second kappa shape index (κ2) is 55.1. The summed E-state index contributed by atoms with van der Waals surface area (Å²) in [5, 5.41) is 0. The molecular formula is C98H146N4O3. The lowest BCUT2D eigenvalue weighted by atomic mass is 9.78. The Labute approximate surface area is 642 Å². The Morgan fingerprint density at radius 1 is 0.248 bits per heavy atom. The molecule has 3 aliphatic carbocycles. The molecule has 576 valence electrons. The first-order valence-corrected chi connectivity index (χ1v) is 43.8. The van der Waals surface area contributed by atoms with Crippen molar-refractivity contribution in [1.82, 2.24) is 19.9 Å². The van der Waals surface area contributed by atoms with Crippen molar-refractivity contribution in [3.8, 4) is 50.6 Å². The van der Waals surface area contributed by atoms with Crippen LogP contribution in [0.4, 0.5) is 0 Å². The Kier molecular flexibility index (Phi) is 45.1. The molecule has 4 aromatic heterocycles. The fraction of sp³-hybridized carbons (Fsp3) is 0.612. The van der Waals surface area contributed by atoms with Crippen LogP contribution in [0.2, 0.25) is 0 Å². The summed E-state index contributed by atoms with van der Waals surface area (Å²) in [5.41, 5.74) is 11.1. The summed E-state index contributed by atoms with van der Waals surface area (Å²) >= 11 is 0. The third kappa shape index (κ3) is 35.5. The fourth-order valence-electron chi connectivity index (χ4n) is 16.0. The second-order valence-electron chi connectivity index (χ2n) is 31.6. The van der Waals surface area contributed by atoms with Gasteiger partial charge >= 0.3 is 0 Å². The van der Waals surface area contributed by atoms with E-state index < -0.39 is 0 Å². The van der Waals surface area contributed by atoms with Crippen LogP contribution in [-0.2, 0) is 0 Å². The lowest BCUT2D eigenvalue weighted by molar-refractivity contribution is 0.299. The molecule has 7 nitrogen and oxygen atoms in total. The van der Waals surface area contributed by atoms with Crippen molar-refractivity contribution < 1.29 is 14.2 Å². The molecule has 0 unspecified atom stereocenters. The van der Waals surface area contributed by atoms with Crippen LogP contribution in [-0.4, -0.2) is 39.8 Å². The SMILES string of the molecule is CCCCCCCCC1CCC(c2ccc(-c3ccc(OCCCCC)cc3)cn2)CC1.CCCCCCCCC1CCC(c2ccc(-c3ccc(OCCCCCC)cc3)cn2)CC1.CCCCCCCCC1CCC(c2ccc(-c3ccc(OCCCCCCC)cc3)cn2)CC1.c1ccncc1. The summed E-state index contributed by atoms with van der Waals surface area (Å²) in [7, 11) is 0. The van der Waals surface area contributed by atoms with E-state index >= 15 is 0 Å². The number of pyridine rings is 4. The van der Waals surface area contributed by atoms with E-state index in [-0.39, 0.29) is 0 Å². The van der Waals surface area contributed by atoms with Gasteiger partial charge in [-0.2, -0.15) is 0 Å². The van der Waals surface area contributed by atoms with Gasteiger partial charge in [-0.1, -0.05) is 295 Å². The van der Waals surface area contributed by atoms with Gasteiger partial charge in [0.25, 0.3) is 0 Å². The summed E-state index contributed by atoms with van der Waals surface area (Å²) in [5.74, 6) is 7.75. The van der Waals surface area contributed by atoms with E-state index in [1.807, 2.05) is 18.2 Å². The van der Waals surface area contributed by atoms with Crippen LogP contribution in [0.3, 0.4) is 0 Å². The monoisotopic (exact) mass is 1430 g/mol. The van der Waals surface area contributed by atoms with Crippen molar-refractivity contribution in [3.05, 3.63) is 175 Å². The van der Waals surface area contributed by atoms with Gasteiger partial charge < -0.3 is 14.2 Å². The lowest BCUT2D eigenvalue weighted by Crippen LogP contribution is -2.14. The van der Waals surface area contributed by atoms with Gasteiger partial charge in [-0.25, -0.2) is 0 Å². The Bertz CT molecular complexity index is 3100. The maximum absolute atomic E-state index is 5.91. The minimum atomic E-state index is 0.656. The van der Waals surface area contributed by atoms with Gasteiger partial charge in [0.15, 0.2) is 0 Å². The van der Waals surface area contributed by atoms with Gasteiger partial charge in [-0.05, 0) is 197 Å². The van der Waals surface area contributed by atoms with Crippen molar-refractivity contribution in [2.24, 2.45) is 17.8 Å². The molecule has 3 aliphatic rings. The topological polar surface area (TPSA) is 79.2 Å². The first-order chi connectivity index (χ1) is 51.9. The van der Waals surface area contributed by atoms with Crippen molar-refractivity contribution >= 4 is 0 Å². The Hall–Kier alpha value is -6.34. The summed E-state index contributed by atoms with van der Waals surface area (Å²) in [6, 6.07) is 44.8. The van der Waals surface area contributed by atoms with Gasteiger partial charge in [-0.15, -0.1) is 0 Å². The number of ether oxygens (including phenoxy) is 3. The minimum absolute atomic E-state index is 0.656. The molecule has 3 aromatic carbocycles. The molecule has 7 aromatic rings. The molecule has 0 amide bonds. The average Bonchev–Trinajstić information content (AvgIpc) is 0.852. The maximum atomic E-state index is 5.91. The lowest BCUT2D eigenvalue weighted by Gasteiger charge is -2.28. The van der Waals surface area contributed by atoms with Crippen molar-refractivity contribution in [2.75, 3.05) is 19.8 Å². The van der Waals surface area contributed by atoms with Crippen LogP contribution in [0.1, 0.15) is 365 Å². The van der Waals surface area contributed by atoms with Crippen LogP contribution < -0.4 is 14.2 Å². The second-order valence-corrected chi connectivity index (χ2v) is 31.6. The standard InChI is InChI=1S/C32H49NO.C31H47NO.C30H45NO.C5H5N/c1-3-5-7-9-10-12-14-27-15-17-29(18-16-27)32-24-21-30(26-33-32)28-19-22-31(23-20-28)34-25-13-11-8-6-4-2;1-3-5-7-9-10-11-13-26-14-16-28(17-15-26)31-23-20-29(25-32-31)27-18-21-30(22-19-27)33-24-12-8-6-4-2;1-3-5-7-8-9-10-12-25-13-15-27(16-14-25)30-22-19-28(24-31-30)26-17-20-29(21-18-26)32-23-11-6-4-2;1-2-4-6-5-3-1/h19-24,26-27,29H,3-18,25H2,1-2H3;18-23,25-26,28H,3-17,24H2,1-2H3;17-22,24-25,27H,3-16,23H2,1-2H3;1-5H. The molecule has 10 rings (SSSR count). The highest BCUT2D eigenvalue weighted by atomic mass is 16.5. The van der Waals surface area contributed by atoms with E-state index in [0.717, 1.165) is 74.1 Å². The number of aromatic nitrogens is 4. The third-order valence-corrected chi connectivity index (χ3v) is 23.0. The van der Waals surface area contributed by atoms with Crippen molar-refractivity contribution in [3.63, 3.8) is 0 Å². The zero-order valence-corrected chi connectivity index (χ0v) is 67.4. The molecule has 0 bridgehead atoms. The number of hydrogen-bond acceptors (Lipinski definition) is 7. The highest BCUT2D eigenvalue weighted by molar-refractivity contribution is 5.65. The molecule has 7 heteroatoms. The molecule has 0 atom stereocenters. The quantitative estimate of drug-likeness (QED) is 0.0352. The molecule has 0 saturated heterocycles. The Morgan fingerprint density at radius 2 is 0.486 bits per heavy atom. The van der Waals surface area contributed by atoms with E-state index in [1.165, 1.54) is 320 Å². The van der Waals surface area contributed by atoms with Crippen LogP contribution in [0.15, 0.2) is 158 Å². The van der Waals surface area contributed by atoms with Gasteiger partial charge in [-0.3, -0.25) is 19.9 Å². The Balaban J connectivity index is 0.000000211. The predicted molar refractivity (Wildman–Crippen MR) is 450 cm³/mol. The van der Waals surface area contributed by atoms with Crippen LogP contribution >= 0.6 is 0 Å². The first kappa shape index (κ1) is 85.9. The predicted octanol–water partition coefficient (Wildman–Crippen LogP) is 30.3. The molecule has 0 radical (unpaired) electrons. The largest absolute Gasteiger partial charge is 0.494 e. The molecule has 0 spiro atoms. The molecule has 0 aliphatic heterocycles. The number of hydrogen-bond donors (Lipinski definition) is 0. The zero-order chi connectivity index (χ0) is 73.7. The highest BCUT2D eigenvalue weighted by Crippen LogP contribution is 2.41. The number of rotatable bonds is 45. The van der Waals surface area contributed by atoms with E-state index in [2.05, 4.69) is 174 Å². The molecule has 3 fully saturated rings. The van der Waals surface area contributed by atoms with Crippen molar-refractivity contribution in [1.29, 1.82) is 0 Å². The molecule has 3 saturated carbocycles. The van der Waals surface area contributed by atoms with Crippen molar-refractivity contribution in [2.45, 2.75) is 348 Å². The van der Waals surface area contributed by atoms with E-state index in [9.17, 15) is 0 Å². The maximum Gasteiger partial charge on any atom is 0.119 e. The number of benzene rings is 3. The fourth-order valence-corrected chi connectivity index (χ4v) is 16.0. The molecule has 4 heterocycles. The van der Waals surface area contributed by atoms with Crippen LogP contribution in [0.25, 0.3) is 33.4 Å².